The van der Waals surface area contributed by atoms with Gasteiger partial charge in [0.1, 0.15) is 41.0 Å². The van der Waals surface area contributed by atoms with Crippen molar-refractivity contribution in [3.8, 4) is 23.2 Å². The molecule has 2 unspecified atom stereocenters. The fraction of sp³-hybridized carbons (Fsp3) is 0.400. The lowest BCUT2D eigenvalue weighted by molar-refractivity contribution is -0.137. The molecule has 16 heteroatoms. The number of nitrogens with zero attached hydrogens (tertiary/aromatic N) is 5. The second kappa shape index (κ2) is 11.5. The van der Waals surface area contributed by atoms with Crippen LogP contribution in [0.3, 0.4) is 0 Å². The topological polar surface area (TPSA) is 120 Å². The minimum atomic E-state index is -5.14. The molecule has 6 rings (SSSR count). The molecule has 242 valence electrons. The van der Waals surface area contributed by atoms with Crippen LogP contribution in [-0.2, 0) is 11.0 Å². The summed E-state index contributed by atoms with van der Waals surface area (Å²) in [6, 6.07) is 3.89. The highest BCUT2D eigenvalue weighted by Crippen LogP contribution is 2.48. The molecule has 2 atom stereocenters. The molecule has 2 aromatic heterocycles. The Morgan fingerprint density at radius 3 is 2.78 bits per heavy atom. The van der Waals surface area contributed by atoms with E-state index in [1.165, 1.54) is 19.0 Å². The van der Waals surface area contributed by atoms with Gasteiger partial charge in [-0.3, -0.25) is 9.69 Å². The van der Waals surface area contributed by atoms with Crippen LogP contribution in [0.1, 0.15) is 30.4 Å². The smallest absolute Gasteiger partial charge is 0.417 e. The summed E-state index contributed by atoms with van der Waals surface area (Å²) in [5.74, 6) is -3.00. The second-order valence-electron chi connectivity index (χ2n) is 11.5. The maximum atomic E-state index is 16.8. The van der Waals surface area contributed by atoms with Gasteiger partial charge in [-0.2, -0.15) is 28.4 Å². The van der Waals surface area contributed by atoms with Crippen molar-refractivity contribution in [3.63, 3.8) is 0 Å². The van der Waals surface area contributed by atoms with Gasteiger partial charge < -0.3 is 20.7 Å². The molecule has 0 bridgehead atoms. The number of nitrogens with one attached hydrogen (secondary N) is 1. The van der Waals surface area contributed by atoms with Gasteiger partial charge >= 0.3 is 12.2 Å². The molecule has 0 aliphatic carbocycles. The molecule has 4 heterocycles. The van der Waals surface area contributed by atoms with Crippen molar-refractivity contribution in [2.24, 2.45) is 0 Å². The number of halogens is 6. The van der Waals surface area contributed by atoms with E-state index in [9.17, 15) is 32.0 Å². The van der Waals surface area contributed by atoms with Gasteiger partial charge in [0.15, 0.2) is 5.82 Å². The van der Waals surface area contributed by atoms with E-state index in [4.69, 9.17) is 10.5 Å². The molecule has 2 fully saturated rings. The van der Waals surface area contributed by atoms with Crippen LogP contribution in [0.25, 0.3) is 32.1 Å². The third-order valence-corrected chi connectivity index (χ3v) is 9.67. The number of hydrogen-bond donors (Lipinski definition) is 2. The number of thiophene rings is 1. The maximum Gasteiger partial charge on any atom is 0.417 e. The number of amides is 1. The van der Waals surface area contributed by atoms with Crippen LogP contribution >= 0.6 is 11.3 Å². The highest BCUT2D eigenvalue weighted by molar-refractivity contribution is 7.23. The highest BCUT2D eigenvalue weighted by Gasteiger charge is 2.49. The first kappa shape index (κ1) is 31.6. The number of likely N-dealkylation sites (N-methyl/N-ethyl adjacent to an activating group) is 2. The first-order chi connectivity index (χ1) is 21.8. The van der Waals surface area contributed by atoms with Crippen LogP contribution in [-0.4, -0.2) is 72.8 Å². The summed E-state index contributed by atoms with van der Waals surface area (Å²) in [4.78, 5) is 23.9. The largest absolute Gasteiger partial charge is 0.461 e. The Bertz CT molecular complexity index is 1930. The van der Waals surface area contributed by atoms with E-state index in [1.807, 2.05) is 4.90 Å². The molecule has 2 aliphatic heterocycles. The predicted octanol–water partition coefficient (Wildman–Crippen LogP) is 5.40. The number of anilines is 2. The lowest BCUT2D eigenvalue weighted by Crippen LogP contribution is -2.43. The van der Waals surface area contributed by atoms with Crippen molar-refractivity contribution in [1.82, 2.24) is 20.2 Å². The van der Waals surface area contributed by atoms with Crippen LogP contribution in [0.5, 0.6) is 6.01 Å². The Morgan fingerprint density at radius 2 is 2.09 bits per heavy atom. The molecule has 46 heavy (non-hydrogen) atoms. The standard InChI is InChI=1S/C30H27F6N7O2S/c1-39-20(44)12-42(2)27-16-8-18(30(34,35)36)22(15-4-5-19(32)25-21(15)17(10-37)26(38)46-25)23(33)24(16)40-28(41-27)45-13-29-6-3-7-43(29)11-14(31)9-29/h4-5,8,14H,3,6-7,9,11-13,38H2,1-2H3,(H,39,44). The van der Waals surface area contributed by atoms with Crippen molar-refractivity contribution >= 4 is 49.1 Å². The zero-order chi connectivity index (χ0) is 33.1. The lowest BCUT2D eigenvalue weighted by atomic mass is 9.92. The van der Waals surface area contributed by atoms with Crippen LogP contribution in [0.15, 0.2) is 18.2 Å². The first-order valence-corrected chi connectivity index (χ1v) is 15.1. The van der Waals surface area contributed by atoms with Crippen LogP contribution in [0.2, 0.25) is 0 Å². The quantitative estimate of drug-likeness (QED) is 0.253. The molecule has 1 amide bonds. The average molecular weight is 664 g/mol. The molecule has 0 spiro atoms. The summed E-state index contributed by atoms with van der Waals surface area (Å²) in [6.45, 7) is 0.506. The number of carbonyl (C=O) groups excluding carboxylic acids is 1. The van der Waals surface area contributed by atoms with E-state index in [1.54, 1.807) is 6.07 Å². The van der Waals surface area contributed by atoms with Gasteiger partial charge in [-0.1, -0.05) is 6.07 Å². The van der Waals surface area contributed by atoms with Gasteiger partial charge in [-0.05, 0) is 37.1 Å². The summed E-state index contributed by atoms with van der Waals surface area (Å²) in [6.07, 6.45) is -4.53. The minimum Gasteiger partial charge on any atom is -0.461 e. The lowest BCUT2D eigenvalue weighted by Gasteiger charge is -2.31. The Balaban J connectivity index is 1.59. The van der Waals surface area contributed by atoms with Crippen molar-refractivity contribution in [1.29, 1.82) is 5.26 Å². The second-order valence-corrected chi connectivity index (χ2v) is 12.5. The summed E-state index contributed by atoms with van der Waals surface area (Å²) >= 11 is 0.660. The Kier molecular flexibility index (Phi) is 7.88. The number of carbonyl (C=O) groups is 1. The van der Waals surface area contributed by atoms with Gasteiger partial charge in [0.05, 0.1) is 27.9 Å². The van der Waals surface area contributed by atoms with Crippen molar-refractivity contribution in [2.45, 2.75) is 37.1 Å². The van der Waals surface area contributed by atoms with Crippen LogP contribution in [0, 0.1) is 23.0 Å². The number of benzene rings is 2. The van der Waals surface area contributed by atoms with Gasteiger partial charge in [-0.15, -0.1) is 11.3 Å². The van der Waals surface area contributed by atoms with Crippen LogP contribution in [0.4, 0.5) is 37.2 Å². The predicted molar refractivity (Wildman–Crippen MR) is 160 cm³/mol. The highest BCUT2D eigenvalue weighted by atomic mass is 32.1. The molecule has 9 nitrogen and oxygen atoms in total. The number of nitrogens with two attached hydrogens (primary N) is 1. The molecular formula is C30H27F6N7O2S. The summed E-state index contributed by atoms with van der Waals surface area (Å²) in [7, 11) is 2.76. The van der Waals surface area contributed by atoms with E-state index >= 15 is 4.39 Å². The van der Waals surface area contributed by atoms with E-state index in [0.717, 1.165) is 18.6 Å². The summed E-state index contributed by atoms with van der Waals surface area (Å²) in [5.41, 5.74) is 1.59. The fourth-order valence-corrected chi connectivity index (χ4v) is 7.51. The normalized spacial score (nSPS) is 19.8. The zero-order valence-electron chi connectivity index (χ0n) is 24.6. The number of ether oxygens (including phenoxy) is 1. The number of alkyl halides is 4. The van der Waals surface area contributed by atoms with E-state index < -0.39 is 57.6 Å². The van der Waals surface area contributed by atoms with Crippen molar-refractivity contribution < 1.29 is 35.9 Å². The first-order valence-electron chi connectivity index (χ1n) is 14.2. The van der Waals surface area contributed by atoms with Gasteiger partial charge in [-0.25, -0.2) is 13.2 Å². The molecule has 2 aromatic carbocycles. The summed E-state index contributed by atoms with van der Waals surface area (Å²) in [5, 5.41) is 11.4. The molecule has 2 aliphatic rings. The van der Waals surface area contributed by atoms with E-state index in [2.05, 4.69) is 15.3 Å². The third kappa shape index (κ3) is 5.20. The van der Waals surface area contributed by atoms with Crippen molar-refractivity contribution in [2.75, 3.05) is 51.0 Å². The van der Waals surface area contributed by atoms with Gasteiger partial charge in [0, 0.05) is 43.4 Å². The number of hydrogen-bond acceptors (Lipinski definition) is 9. The molecule has 0 saturated carbocycles. The third-order valence-electron chi connectivity index (χ3n) is 8.65. The number of nitriles is 1. The minimum absolute atomic E-state index is 0.0507. The number of rotatable bonds is 7. The average Bonchev–Trinajstić information content (AvgIpc) is 3.65. The fourth-order valence-electron chi connectivity index (χ4n) is 6.56. The molecule has 2 saturated heterocycles. The maximum absolute atomic E-state index is 16.8. The molecule has 3 N–H and O–H groups in total. The monoisotopic (exact) mass is 663 g/mol. The van der Waals surface area contributed by atoms with E-state index in [-0.39, 0.29) is 64.0 Å². The van der Waals surface area contributed by atoms with Gasteiger partial charge in [0.2, 0.25) is 5.91 Å². The Labute approximate surface area is 262 Å². The van der Waals surface area contributed by atoms with E-state index in [0.29, 0.717) is 30.4 Å². The Hall–Kier alpha value is -4.36. The Morgan fingerprint density at radius 1 is 1.33 bits per heavy atom. The molecular weight excluding hydrogens is 636 g/mol. The number of nitrogen functional groups attached to an aromatic ring is 1. The number of fused-ring (bicyclic) bond motifs is 3. The van der Waals surface area contributed by atoms with Crippen LogP contribution < -0.4 is 20.7 Å². The molecule has 0 radical (unpaired) electrons. The zero-order valence-corrected chi connectivity index (χ0v) is 25.4. The van der Waals surface area contributed by atoms with Gasteiger partial charge in [0.25, 0.3) is 0 Å². The number of aromatic nitrogens is 2. The van der Waals surface area contributed by atoms with Crippen molar-refractivity contribution in [3.05, 3.63) is 41.0 Å². The molecule has 4 aromatic rings. The summed E-state index contributed by atoms with van der Waals surface area (Å²) < 4.78 is 95.8. The SMILES string of the molecule is CNC(=O)CN(C)c1nc(OCC23CCCN2CC(F)C3)nc2c(F)c(-c3ccc(F)c4sc(N)c(C#N)c34)c(C(F)(F)F)cc12.